The van der Waals surface area contributed by atoms with Gasteiger partial charge in [0.15, 0.2) is 11.6 Å². The Bertz CT molecular complexity index is 836. The van der Waals surface area contributed by atoms with Gasteiger partial charge in [0.05, 0.1) is 12.7 Å². The van der Waals surface area contributed by atoms with E-state index in [1.807, 2.05) is 30.3 Å². The summed E-state index contributed by atoms with van der Waals surface area (Å²) >= 11 is 0. The van der Waals surface area contributed by atoms with Crippen molar-refractivity contribution in [3.63, 3.8) is 0 Å². The normalized spacial score (nSPS) is 18.5. The van der Waals surface area contributed by atoms with Gasteiger partial charge in [-0.05, 0) is 29.7 Å². The van der Waals surface area contributed by atoms with Crippen molar-refractivity contribution in [3.8, 4) is 5.75 Å². The molecule has 1 heterocycles. The number of ether oxygens (including phenoxy) is 1. The molecular formula is C20H21N5O. The fraction of sp³-hybridized carbons (Fsp3) is 0.250. The molecule has 26 heavy (non-hydrogen) atoms. The molecule has 0 radical (unpaired) electrons. The minimum absolute atomic E-state index is 0.340. The summed E-state index contributed by atoms with van der Waals surface area (Å²) in [7, 11) is 0. The molecule has 132 valence electrons. The van der Waals surface area contributed by atoms with E-state index in [4.69, 9.17) is 10.5 Å². The second-order valence-electron chi connectivity index (χ2n) is 6.47. The van der Waals surface area contributed by atoms with Crippen molar-refractivity contribution in [2.75, 3.05) is 5.73 Å². The van der Waals surface area contributed by atoms with Crippen LogP contribution in [0.1, 0.15) is 29.3 Å². The van der Waals surface area contributed by atoms with E-state index >= 15 is 0 Å². The highest BCUT2D eigenvalue weighted by Gasteiger charge is 2.37. The molecule has 1 aromatic heterocycles. The minimum Gasteiger partial charge on any atom is -0.489 e. The number of nitrogen functional groups attached to an aromatic ring is 1. The quantitative estimate of drug-likeness (QED) is 0.683. The van der Waals surface area contributed by atoms with Crippen LogP contribution in [0.5, 0.6) is 5.75 Å². The van der Waals surface area contributed by atoms with Crippen LogP contribution in [-0.4, -0.2) is 21.2 Å². The van der Waals surface area contributed by atoms with Gasteiger partial charge in [-0.25, -0.2) is 4.98 Å². The van der Waals surface area contributed by atoms with E-state index in [0.717, 1.165) is 12.2 Å². The molecule has 4 rings (SSSR count). The van der Waals surface area contributed by atoms with E-state index in [0.29, 0.717) is 36.8 Å². The Morgan fingerprint density at radius 3 is 2.58 bits per heavy atom. The third-order valence-corrected chi connectivity index (χ3v) is 4.50. The molecule has 3 aromatic rings. The van der Waals surface area contributed by atoms with Crippen molar-refractivity contribution in [3.05, 3.63) is 77.7 Å². The Balaban J connectivity index is 1.26. The Morgan fingerprint density at radius 2 is 1.85 bits per heavy atom. The van der Waals surface area contributed by atoms with Crippen LogP contribution in [0.25, 0.3) is 0 Å². The number of nitrogens with zero attached hydrogens (tertiary/aromatic N) is 3. The van der Waals surface area contributed by atoms with Gasteiger partial charge in [0, 0.05) is 12.0 Å². The first-order valence-corrected chi connectivity index (χ1v) is 8.72. The minimum atomic E-state index is 0.340. The van der Waals surface area contributed by atoms with E-state index in [1.165, 1.54) is 17.3 Å². The first kappa shape index (κ1) is 16.5. The number of hydrogen-bond acceptors (Lipinski definition) is 6. The molecule has 0 aliphatic heterocycles. The fourth-order valence-electron chi connectivity index (χ4n) is 2.95. The maximum Gasteiger partial charge on any atom is 0.164 e. The molecule has 2 atom stereocenters. The topological polar surface area (TPSA) is 86.0 Å². The molecule has 1 aliphatic rings. The Labute approximate surface area is 152 Å². The highest BCUT2D eigenvalue weighted by Crippen LogP contribution is 2.41. The largest absolute Gasteiger partial charge is 0.489 e. The number of nitrogens with one attached hydrogen (secondary N) is 1. The molecule has 1 aliphatic carbocycles. The molecule has 0 bridgehead atoms. The summed E-state index contributed by atoms with van der Waals surface area (Å²) in [5, 5.41) is 11.2. The van der Waals surface area contributed by atoms with Crippen molar-refractivity contribution in [2.24, 2.45) is 0 Å². The van der Waals surface area contributed by atoms with Gasteiger partial charge in [0.1, 0.15) is 12.4 Å². The van der Waals surface area contributed by atoms with E-state index in [2.05, 4.69) is 44.8 Å². The van der Waals surface area contributed by atoms with Gasteiger partial charge in [-0.1, -0.05) is 42.5 Å². The summed E-state index contributed by atoms with van der Waals surface area (Å²) in [5.41, 5.74) is 7.99. The predicted octanol–water partition coefficient (Wildman–Crippen LogP) is 2.68. The highest BCUT2D eigenvalue weighted by atomic mass is 16.5. The average Bonchev–Trinajstić information content (AvgIpc) is 3.47. The molecule has 1 fully saturated rings. The molecule has 2 unspecified atom stereocenters. The van der Waals surface area contributed by atoms with Gasteiger partial charge in [0.2, 0.25) is 0 Å². The van der Waals surface area contributed by atoms with E-state index < -0.39 is 0 Å². The van der Waals surface area contributed by atoms with Crippen LogP contribution in [0.3, 0.4) is 0 Å². The Hall–Kier alpha value is -2.99. The van der Waals surface area contributed by atoms with Crippen LogP contribution in [-0.2, 0) is 13.2 Å². The maximum absolute atomic E-state index is 5.84. The van der Waals surface area contributed by atoms with Crippen molar-refractivity contribution >= 4 is 5.82 Å². The predicted molar refractivity (Wildman–Crippen MR) is 99.4 cm³/mol. The fourth-order valence-corrected chi connectivity index (χ4v) is 2.95. The first-order valence-electron chi connectivity index (χ1n) is 8.72. The Morgan fingerprint density at radius 1 is 1.04 bits per heavy atom. The van der Waals surface area contributed by atoms with Gasteiger partial charge in [-0.2, -0.15) is 0 Å². The molecule has 0 saturated heterocycles. The number of benzene rings is 2. The third kappa shape index (κ3) is 4.15. The van der Waals surface area contributed by atoms with Crippen LogP contribution < -0.4 is 15.8 Å². The third-order valence-electron chi connectivity index (χ3n) is 4.50. The summed E-state index contributed by atoms with van der Waals surface area (Å²) in [4.78, 5) is 4.16. The zero-order chi connectivity index (χ0) is 17.8. The van der Waals surface area contributed by atoms with Crippen LogP contribution in [0.2, 0.25) is 0 Å². The van der Waals surface area contributed by atoms with E-state index in [9.17, 15) is 0 Å². The lowest BCUT2D eigenvalue weighted by Crippen LogP contribution is -2.19. The van der Waals surface area contributed by atoms with Gasteiger partial charge in [-0.3, -0.25) is 0 Å². The molecule has 6 nitrogen and oxygen atoms in total. The molecule has 1 saturated carbocycles. The lowest BCUT2D eigenvalue weighted by Gasteiger charge is -2.08. The number of anilines is 1. The number of aromatic nitrogens is 3. The standard InChI is InChI=1S/C20H21N5O/c21-19-11-23-20(25-24-19)12-22-18-10-17(18)15-6-8-16(9-7-15)26-13-14-4-2-1-3-5-14/h1-9,11,17-18,22H,10,12-13H2,(H2,21,24). The number of hydrogen-bond donors (Lipinski definition) is 2. The van der Waals surface area contributed by atoms with E-state index in [-0.39, 0.29) is 0 Å². The van der Waals surface area contributed by atoms with Gasteiger partial charge >= 0.3 is 0 Å². The molecular weight excluding hydrogens is 326 g/mol. The SMILES string of the molecule is Nc1cnc(CNC2CC2c2ccc(OCc3ccccc3)cc2)nn1. The average molecular weight is 347 g/mol. The Kier molecular flexibility index (Phi) is 4.75. The molecule has 6 heteroatoms. The van der Waals surface area contributed by atoms with Crippen LogP contribution in [0.4, 0.5) is 5.82 Å². The summed E-state index contributed by atoms with van der Waals surface area (Å²) in [5.74, 6) is 2.42. The summed E-state index contributed by atoms with van der Waals surface area (Å²) in [6, 6.07) is 19.0. The van der Waals surface area contributed by atoms with Crippen molar-refractivity contribution in [2.45, 2.75) is 31.5 Å². The molecule has 3 N–H and O–H groups in total. The van der Waals surface area contributed by atoms with E-state index in [1.54, 1.807) is 0 Å². The summed E-state index contributed by atoms with van der Waals surface area (Å²) < 4.78 is 5.84. The van der Waals surface area contributed by atoms with Crippen molar-refractivity contribution < 1.29 is 4.74 Å². The molecule has 0 amide bonds. The molecule has 2 aromatic carbocycles. The van der Waals surface area contributed by atoms with Crippen LogP contribution in [0, 0.1) is 0 Å². The number of rotatable bonds is 7. The highest BCUT2D eigenvalue weighted by molar-refractivity contribution is 5.34. The van der Waals surface area contributed by atoms with Crippen molar-refractivity contribution in [1.29, 1.82) is 0 Å². The zero-order valence-corrected chi connectivity index (χ0v) is 14.4. The number of nitrogens with two attached hydrogens (primary N) is 1. The zero-order valence-electron chi connectivity index (χ0n) is 14.4. The second-order valence-corrected chi connectivity index (χ2v) is 6.47. The van der Waals surface area contributed by atoms with Gasteiger partial charge in [0.25, 0.3) is 0 Å². The summed E-state index contributed by atoms with van der Waals surface area (Å²) in [6.45, 7) is 1.19. The first-order chi connectivity index (χ1) is 12.8. The second kappa shape index (κ2) is 7.49. The monoisotopic (exact) mass is 347 g/mol. The van der Waals surface area contributed by atoms with Gasteiger partial charge in [-0.15, -0.1) is 10.2 Å². The van der Waals surface area contributed by atoms with Crippen LogP contribution in [0.15, 0.2) is 60.8 Å². The summed E-state index contributed by atoms with van der Waals surface area (Å²) in [6.07, 6.45) is 2.65. The van der Waals surface area contributed by atoms with Gasteiger partial charge < -0.3 is 15.8 Å². The molecule has 0 spiro atoms. The van der Waals surface area contributed by atoms with Crippen LogP contribution >= 0.6 is 0 Å². The lowest BCUT2D eigenvalue weighted by molar-refractivity contribution is 0.306. The lowest BCUT2D eigenvalue weighted by atomic mass is 10.1. The smallest absolute Gasteiger partial charge is 0.164 e. The maximum atomic E-state index is 5.84. The van der Waals surface area contributed by atoms with Crippen molar-refractivity contribution in [1.82, 2.24) is 20.5 Å².